The highest BCUT2D eigenvalue weighted by Gasteiger charge is 2.31. The van der Waals surface area contributed by atoms with E-state index in [1.165, 1.54) is 12.8 Å². The van der Waals surface area contributed by atoms with E-state index >= 15 is 0 Å². The molecule has 1 aliphatic rings. The van der Waals surface area contributed by atoms with Gasteiger partial charge in [0, 0.05) is 23.6 Å². The fraction of sp³-hybridized carbons (Fsp3) is 0.643. The molecule has 3 heteroatoms. The van der Waals surface area contributed by atoms with E-state index in [1.54, 1.807) is 18.5 Å². The third-order valence-corrected chi connectivity index (χ3v) is 4.04. The summed E-state index contributed by atoms with van der Waals surface area (Å²) in [6.07, 6.45) is 7.39. The van der Waals surface area contributed by atoms with Crippen LogP contribution in [0.2, 0.25) is 0 Å². The number of aromatic nitrogens is 1. The monoisotopic (exact) mass is 234 g/mol. The Bertz CT molecular complexity index is 380. The topological polar surface area (TPSA) is 59.1 Å². The van der Waals surface area contributed by atoms with Gasteiger partial charge in [-0.15, -0.1) is 0 Å². The summed E-state index contributed by atoms with van der Waals surface area (Å²) in [4.78, 5) is 4.05. The summed E-state index contributed by atoms with van der Waals surface area (Å²) < 4.78 is 0. The molecule has 1 aliphatic carbocycles. The molecule has 1 unspecified atom stereocenters. The maximum atomic E-state index is 10.4. The van der Waals surface area contributed by atoms with Crippen molar-refractivity contribution in [2.24, 2.45) is 11.3 Å². The Morgan fingerprint density at radius 3 is 2.65 bits per heavy atom. The van der Waals surface area contributed by atoms with Gasteiger partial charge >= 0.3 is 0 Å². The number of hydrogen-bond donors (Lipinski definition) is 2. The third-order valence-electron chi connectivity index (χ3n) is 4.04. The highest BCUT2D eigenvalue weighted by molar-refractivity contribution is 5.45. The molecule has 1 saturated carbocycles. The molecule has 0 bridgehead atoms. The Kier molecular flexibility index (Phi) is 3.38. The molecule has 3 N–H and O–H groups in total. The molecule has 2 rings (SSSR count). The molecule has 1 fully saturated rings. The lowest BCUT2D eigenvalue weighted by molar-refractivity contribution is 0.0570. The number of pyridine rings is 1. The van der Waals surface area contributed by atoms with Crippen LogP contribution in [0.1, 0.15) is 51.2 Å². The van der Waals surface area contributed by atoms with Crippen molar-refractivity contribution in [3.63, 3.8) is 0 Å². The van der Waals surface area contributed by atoms with E-state index < -0.39 is 6.10 Å². The molecular weight excluding hydrogens is 212 g/mol. The molecule has 1 aromatic rings. The number of anilines is 1. The summed E-state index contributed by atoms with van der Waals surface area (Å²) in [5.74, 6) is 0.328. The van der Waals surface area contributed by atoms with Crippen LogP contribution < -0.4 is 5.73 Å². The molecule has 94 valence electrons. The number of rotatable bonds is 2. The number of aliphatic hydroxyl groups is 1. The minimum atomic E-state index is -0.459. The van der Waals surface area contributed by atoms with Crippen molar-refractivity contribution in [2.45, 2.75) is 45.6 Å². The predicted octanol–water partition coefficient (Wildman–Crippen LogP) is 2.91. The number of nitrogen functional groups attached to an aromatic ring is 1. The smallest absolute Gasteiger partial charge is 0.0853 e. The van der Waals surface area contributed by atoms with E-state index in [4.69, 9.17) is 5.73 Å². The SMILES string of the molecule is CC1(C)CCC(C(O)c2cnccc2N)CC1. The van der Waals surface area contributed by atoms with Crippen LogP contribution in [0.25, 0.3) is 0 Å². The fourth-order valence-electron chi connectivity index (χ4n) is 2.66. The Labute approximate surface area is 103 Å². The molecular formula is C14H22N2O. The lowest BCUT2D eigenvalue weighted by Crippen LogP contribution is -2.25. The van der Waals surface area contributed by atoms with Crippen LogP contribution in [0.5, 0.6) is 0 Å². The molecule has 0 saturated heterocycles. The van der Waals surface area contributed by atoms with E-state index in [9.17, 15) is 5.11 Å². The molecule has 1 heterocycles. The van der Waals surface area contributed by atoms with E-state index in [-0.39, 0.29) is 0 Å². The van der Waals surface area contributed by atoms with Gasteiger partial charge in [-0.2, -0.15) is 0 Å². The maximum Gasteiger partial charge on any atom is 0.0853 e. The van der Waals surface area contributed by atoms with Gasteiger partial charge in [0.1, 0.15) is 0 Å². The first-order valence-electron chi connectivity index (χ1n) is 6.37. The van der Waals surface area contributed by atoms with Crippen LogP contribution in [0, 0.1) is 11.3 Å². The van der Waals surface area contributed by atoms with Crippen molar-refractivity contribution in [2.75, 3.05) is 5.73 Å². The van der Waals surface area contributed by atoms with Crippen LogP contribution in [0.15, 0.2) is 18.5 Å². The predicted molar refractivity (Wildman–Crippen MR) is 69.3 cm³/mol. The fourth-order valence-corrected chi connectivity index (χ4v) is 2.66. The van der Waals surface area contributed by atoms with Crippen LogP contribution in [0.4, 0.5) is 5.69 Å². The standard InChI is InChI=1S/C14H22N2O/c1-14(2)6-3-10(4-7-14)13(17)11-9-16-8-5-12(11)15/h5,8-10,13,17H,3-4,6-7H2,1-2H3,(H2,15,16). The average molecular weight is 234 g/mol. The maximum absolute atomic E-state index is 10.4. The quantitative estimate of drug-likeness (QED) is 0.827. The number of aliphatic hydroxyl groups excluding tert-OH is 1. The lowest BCUT2D eigenvalue weighted by atomic mass is 9.71. The summed E-state index contributed by atoms with van der Waals surface area (Å²) in [5, 5.41) is 10.4. The second-order valence-electron chi connectivity index (χ2n) is 5.95. The van der Waals surface area contributed by atoms with Gasteiger partial charge in [-0.3, -0.25) is 4.98 Å². The summed E-state index contributed by atoms with van der Waals surface area (Å²) in [5.41, 5.74) is 7.75. The Balaban J connectivity index is 2.07. The zero-order chi connectivity index (χ0) is 12.5. The van der Waals surface area contributed by atoms with E-state index in [2.05, 4.69) is 18.8 Å². The molecule has 17 heavy (non-hydrogen) atoms. The second kappa shape index (κ2) is 4.65. The number of nitrogens with zero attached hydrogens (tertiary/aromatic N) is 1. The number of hydrogen-bond acceptors (Lipinski definition) is 3. The minimum Gasteiger partial charge on any atom is -0.398 e. The van der Waals surface area contributed by atoms with Gasteiger partial charge < -0.3 is 10.8 Å². The Hall–Kier alpha value is -1.09. The van der Waals surface area contributed by atoms with Gasteiger partial charge in [0.15, 0.2) is 0 Å². The van der Waals surface area contributed by atoms with Crippen LogP contribution in [0.3, 0.4) is 0 Å². The van der Waals surface area contributed by atoms with E-state index in [0.29, 0.717) is 17.0 Å². The van der Waals surface area contributed by atoms with Crippen molar-refractivity contribution in [3.05, 3.63) is 24.0 Å². The summed E-state index contributed by atoms with van der Waals surface area (Å²) in [6.45, 7) is 4.60. The molecule has 3 nitrogen and oxygen atoms in total. The molecule has 0 amide bonds. The largest absolute Gasteiger partial charge is 0.398 e. The normalized spacial score (nSPS) is 22.3. The lowest BCUT2D eigenvalue weighted by Gasteiger charge is -2.36. The van der Waals surface area contributed by atoms with Crippen LogP contribution in [-0.4, -0.2) is 10.1 Å². The van der Waals surface area contributed by atoms with Crippen LogP contribution in [-0.2, 0) is 0 Å². The van der Waals surface area contributed by atoms with Crippen molar-refractivity contribution in [1.82, 2.24) is 4.98 Å². The summed E-state index contributed by atoms with van der Waals surface area (Å²) >= 11 is 0. The molecule has 0 aromatic carbocycles. The molecule has 1 aromatic heterocycles. The van der Waals surface area contributed by atoms with Crippen molar-refractivity contribution < 1.29 is 5.11 Å². The summed E-state index contributed by atoms with van der Waals surface area (Å²) in [6, 6.07) is 1.76. The first kappa shape index (κ1) is 12.4. The first-order chi connectivity index (χ1) is 7.99. The molecule has 1 atom stereocenters. The minimum absolute atomic E-state index is 0.328. The van der Waals surface area contributed by atoms with Gasteiger partial charge in [0.2, 0.25) is 0 Å². The third kappa shape index (κ3) is 2.78. The van der Waals surface area contributed by atoms with Crippen LogP contribution >= 0.6 is 0 Å². The Morgan fingerprint density at radius 2 is 2.06 bits per heavy atom. The van der Waals surface area contributed by atoms with Gasteiger partial charge in [0.25, 0.3) is 0 Å². The zero-order valence-corrected chi connectivity index (χ0v) is 10.7. The van der Waals surface area contributed by atoms with E-state index in [0.717, 1.165) is 18.4 Å². The van der Waals surface area contributed by atoms with Gasteiger partial charge in [-0.1, -0.05) is 13.8 Å². The van der Waals surface area contributed by atoms with Gasteiger partial charge in [-0.25, -0.2) is 0 Å². The van der Waals surface area contributed by atoms with Crippen molar-refractivity contribution >= 4 is 5.69 Å². The highest BCUT2D eigenvalue weighted by atomic mass is 16.3. The van der Waals surface area contributed by atoms with E-state index in [1.807, 2.05) is 0 Å². The first-order valence-corrected chi connectivity index (χ1v) is 6.37. The van der Waals surface area contributed by atoms with Crippen molar-refractivity contribution in [1.29, 1.82) is 0 Å². The second-order valence-corrected chi connectivity index (χ2v) is 5.95. The van der Waals surface area contributed by atoms with Gasteiger partial charge in [-0.05, 0) is 43.1 Å². The highest BCUT2D eigenvalue weighted by Crippen LogP contribution is 2.43. The van der Waals surface area contributed by atoms with Gasteiger partial charge in [0.05, 0.1) is 6.10 Å². The summed E-state index contributed by atoms with van der Waals surface area (Å²) in [7, 11) is 0. The van der Waals surface area contributed by atoms with Crippen molar-refractivity contribution in [3.8, 4) is 0 Å². The molecule has 0 aliphatic heterocycles. The molecule has 0 spiro atoms. The number of nitrogens with two attached hydrogens (primary N) is 1. The average Bonchev–Trinajstić information content (AvgIpc) is 2.29. The Morgan fingerprint density at radius 1 is 1.41 bits per heavy atom. The molecule has 0 radical (unpaired) electrons. The zero-order valence-electron chi connectivity index (χ0n) is 10.7.